The van der Waals surface area contributed by atoms with Gasteiger partial charge in [0.25, 0.3) is 0 Å². The molecule has 1 aromatic heterocycles. The van der Waals surface area contributed by atoms with Crippen LogP contribution in [0.15, 0.2) is 22.6 Å². The van der Waals surface area contributed by atoms with Gasteiger partial charge in [0.2, 0.25) is 5.91 Å². The van der Waals surface area contributed by atoms with E-state index in [0.717, 1.165) is 12.3 Å². The molecule has 1 atom stereocenters. The lowest BCUT2D eigenvalue weighted by Crippen LogP contribution is -2.43. The molecule has 1 aliphatic rings. The third kappa shape index (κ3) is 3.40. The first-order valence-electron chi connectivity index (χ1n) is 5.83. The number of nitrogens with zero attached hydrogens (tertiary/aromatic N) is 1. The summed E-state index contributed by atoms with van der Waals surface area (Å²) in [6.45, 7) is 3.70. The Morgan fingerprint density at radius 2 is 2.39 bits per heavy atom. The van der Waals surface area contributed by atoms with E-state index in [0.29, 0.717) is 24.3 Å². The van der Waals surface area contributed by atoms with Crippen molar-refractivity contribution in [3.63, 3.8) is 0 Å². The van der Waals surface area contributed by atoms with Gasteiger partial charge in [-0.15, -0.1) is 0 Å². The number of thioether (sulfide) groups is 1. The first-order valence-corrected chi connectivity index (χ1v) is 7.12. The highest BCUT2D eigenvalue weighted by molar-refractivity contribution is 7.99. The van der Waals surface area contributed by atoms with E-state index >= 15 is 0 Å². The van der Waals surface area contributed by atoms with Gasteiger partial charge in [0.1, 0.15) is 18.3 Å². The summed E-state index contributed by atoms with van der Waals surface area (Å²) in [5.74, 6) is 1.49. The minimum atomic E-state index is -0.0391. The van der Waals surface area contributed by atoms with Gasteiger partial charge in [-0.2, -0.15) is 11.8 Å². The fourth-order valence-electron chi connectivity index (χ4n) is 1.74. The summed E-state index contributed by atoms with van der Waals surface area (Å²) in [6.07, 6.45) is 5.26. The molecule has 18 heavy (non-hydrogen) atoms. The maximum atomic E-state index is 11.9. The monoisotopic (exact) mass is 267 g/mol. The minimum absolute atomic E-state index is 0.0391. The molecule has 0 radical (unpaired) electrons. The zero-order valence-corrected chi connectivity index (χ0v) is 11.4. The Hall–Kier alpha value is -1.20. The van der Waals surface area contributed by atoms with Crippen LogP contribution in [0, 0.1) is 6.92 Å². The number of ether oxygens (including phenoxy) is 1. The van der Waals surface area contributed by atoms with Crippen LogP contribution in [-0.4, -0.2) is 42.2 Å². The Balaban J connectivity index is 1.93. The second-order valence-electron chi connectivity index (χ2n) is 4.20. The smallest absolute Gasteiger partial charge is 0.248 e. The number of rotatable bonds is 3. The highest BCUT2D eigenvalue weighted by atomic mass is 32.2. The van der Waals surface area contributed by atoms with Crippen LogP contribution in [-0.2, 0) is 9.53 Å². The molecule has 98 valence electrons. The second-order valence-corrected chi connectivity index (χ2v) is 5.34. The second kappa shape index (κ2) is 6.11. The molecule has 1 saturated heterocycles. The van der Waals surface area contributed by atoms with Gasteiger partial charge in [-0.1, -0.05) is 0 Å². The van der Waals surface area contributed by atoms with Crippen LogP contribution < -0.4 is 0 Å². The van der Waals surface area contributed by atoms with Crippen LogP contribution in [0.25, 0.3) is 6.08 Å². The van der Waals surface area contributed by atoms with Crippen molar-refractivity contribution in [1.82, 2.24) is 4.90 Å². The average molecular weight is 267 g/mol. The molecule has 1 aromatic rings. The Morgan fingerprint density at radius 1 is 1.56 bits per heavy atom. The zero-order chi connectivity index (χ0) is 13.0. The summed E-state index contributed by atoms with van der Waals surface area (Å²) in [6, 6.07) is 3.72. The van der Waals surface area contributed by atoms with Gasteiger partial charge in [-0.25, -0.2) is 0 Å². The maximum absolute atomic E-state index is 11.9. The predicted octanol–water partition coefficient (Wildman–Crippen LogP) is 2.15. The fourth-order valence-corrected chi connectivity index (χ4v) is 2.30. The van der Waals surface area contributed by atoms with E-state index in [1.54, 1.807) is 22.7 Å². The molecule has 0 spiro atoms. The molecule has 1 amide bonds. The van der Waals surface area contributed by atoms with Crippen LogP contribution in [0.3, 0.4) is 0 Å². The molecule has 5 heteroatoms. The normalized spacial score (nSPS) is 20.6. The van der Waals surface area contributed by atoms with E-state index in [4.69, 9.17) is 9.15 Å². The summed E-state index contributed by atoms with van der Waals surface area (Å²) in [5.41, 5.74) is 0. The van der Waals surface area contributed by atoms with Crippen molar-refractivity contribution in [3.8, 4) is 0 Å². The first kappa shape index (κ1) is 13.2. The third-order valence-corrected chi connectivity index (χ3v) is 3.72. The van der Waals surface area contributed by atoms with Crippen LogP contribution in [0.1, 0.15) is 11.5 Å². The molecule has 1 fully saturated rings. The van der Waals surface area contributed by atoms with Crippen molar-refractivity contribution in [3.05, 3.63) is 29.7 Å². The lowest BCUT2D eigenvalue weighted by molar-refractivity contribution is -0.134. The molecule has 0 N–H and O–H groups in total. The summed E-state index contributed by atoms with van der Waals surface area (Å²) < 4.78 is 10.8. The summed E-state index contributed by atoms with van der Waals surface area (Å²) in [5, 5.41) is 0.363. The third-order valence-electron chi connectivity index (χ3n) is 2.77. The predicted molar refractivity (Wildman–Crippen MR) is 72.3 cm³/mol. The van der Waals surface area contributed by atoms with Gasteiger partial charge >= 0.3 is 0 Å². The molecule has 2 heterocycles. The number of furan rings is 1. The topological polar surface area (TPSA) is 42.7 Å². The van der Waals surface area contributed by atoms with Crippen molar-refractivity contribution in [2.45, 2.75) is 12.2 Å². The lowest BCUT2D eigenvalue weighted by atomic mass is 10.3. The van der Waals surface area contributed by atoms with E-state index in [1.165, 1.54) is 6.08 Å². The molecule has 0 aliphatic carbocycles. The number of aryl methyl sites for hydroxylation is 1. The largest absolute Gasteiger partial charge is 0.462 e. The first-order chi connectivity index (χ1) is 8.69. The van der Waals surface area contributed by atoms with Gasteiger partial charge in [-0.3, -0.25) is 4.79 Å². The highest BCUT2D eigenvalue weighted by Gasteiger charge is 2.22. The number of carbonyl (C=O) groups is 1. The Bertz CT molecular complexity index is 441. The maximum Gasteiger partial charge on any atom is 0.248 e. The van der Waals surface area contributed by atoms with Crippen molar-refractivity contribution in [2.75, 3.05) is 26.1 Å². The van der Waals surface area contributed by atoms with Crippen molar-refractivity contribution in [1.29, 1.82) is 0 Å². The van der Waals surface area contributed by atoms with Gasteiger partial charge < -0.3 is 14.1 Å². The van der Waals surface area contributed by atoms with Crippen LogP contribution in [0.2, 0.25) is 0 Å². The molecular weight excluding hydrogens is 250 g/mol. The minimum Gasteiger partial charge on any atom is -0.462 e. The molecule has 0 aromatic carbocycles. The Kier molecular flexibility index (Phi) is 4.49. The van der Waals surface area contributed by atoms with Gasteiger partial charge in [0.05, 0.1) is 6.61 Å². The summed E-state index contributed by atoms with van der Waals surface area (Å²) in [4.78, 5) is 13.7. The van der Waals surface area contributed by atoms with Gasteiger partial charge in [0, 0.05) is 17.9 Å². The van der Waals surface area contributed by atoms with E-state index in [2.05, 4.69) is 0 Å². The number of carbonyl (C=O) groups excluding carboxylic acids is 1. The Morgan fingerprint density at radius 3 is 3.06 bits per heavy atom. The van der Waals surface area contributed by atoms with Gasteiger partial charge in [-0.05, 0) is 31.4 Å². The molecule has 1 aliphatic heterocycles. The number of amides is 1. The van der Waals surface area contributed by atoms with Crippen LogP contribution in [0.5, 0.6) is 0 Å². The molecule has 0 saturated carbocycles. The fraction of sp³-hybridized carbons (Fsp3) is 0.462. The van der Waals surface area contributed by atoms with Crippen molar-refractivity contribution < 1.29 is 13.9 Å². The molecular formula is C13H17NO3S. The number of hydrogen-bond donors (Lipinski definition) is 0. The molecule has 4 nitrogen and oxygen atoms in total. The molecule has 2 rings (SSSR count). The summed E-state index contributed by atoms with van der Waals surface area (Å²) >= 11 is 1.72. The molecule has 1 unspecified atom stereocenters. The van der Waals surface area contributed by atoms with Gasteiger partial charge in [0.15, 0.2) is 0 Å². The quantitative estimate of drug-likeness (QED) is 0.787. The van der Waals surface area contributed by atoms with Crippen molar-refractivity contribution >= 4 is 23.7 Å². The number of hydrogen-bond acceptors (Lipinski definition) is 4. The zero-order valence-electron chi connectivity index (χ0n) is 10.6. The van der Waals surface area contributed by atoms with E-state index < -0.39 is 0 Å². The summed E-state index contributed by atoms with van der Waals surface area (Å²) in [7, 11) is 0. The van der Waals surface area contributed by atoms with Crippen LogP contribution in [0.4, 0.5) is 0 Å². The molecule has 0 bridgehead atoms. The highest BCUT2D eigenvalue weighted by Crippen LogP contribution is 2.15. The van der Waals surface area contributed by atoms with Crippen LogP contribution >= 0.6 is 11.8 Å². The lowest BCUT2D eigenvalue weighted by Gasteiger charge is -2.30. The SMILES string of the molecule is CSC1COCN(C(=O)/C=C/c2ccc(C)o2)C1. The Labute approximate surface area is 111 Å². The van der Waals surface area contributed by atoms with E-state index in [1.807, 2.05) is 25.3 Å². The van der Waals surface area contributed by atoms with E-state index in [9.17, 15) is 4.79 Å². The standard InChI is InChI=1S/C13H17NO3S/c1-10-3-4-11(17-10)5-6-13(15)14-7-12(18-2)8-16-9-14/h3-6,12H,7-9H2,1-2H3/b6-5+. The van der Waals surface area contributed by atoms with Crippen molar-refractivity contribution in [2.24, 2.45) is 0 Å². The van der Waals surface area contributed by atoms with E-state index in [-0.39, 0.29) is 5.91 Å². The average Bonchev–Trinajstić information content (AvgIpc) is 2.82.